The number of nitrogens with one attached hydrogen (secondary N) is 1. The summed E-state index contributed by atoms with van der Waals surface area (Å²) >= 11 is 0. The Morgan fingerprint density at radius 2 is 2.47 bits per heavy atom. The maximum atomic E-state index is 12.0. The van der Waals surface area contributed by atoms with E-state index in [1.165, 1.54) is 0 Å². The fourth-order valence-corrected chi connectivity index (χ4v) is 2.55. The fourth-order valence-electron chi connectivity index (χ4n) is 2.55. The number of rotatable bonds is 4. The SMILES string of the molecule is Cn1cc(CNC(=O)[C@@H]2CCC[C@@H]2CN)cn1. The van der Waals surface area contributed by atoms with E-state index in [4.69, 9.17) is 5.73 Å². The van der Waals surface area contributed by atoms with Gasteiger partial charge in [-0.3, -0.25) is 9.48 Å². The van der Waals surface area contributed by atoms with Crippen LogP contribution < -0.4 is 11.1 Å². The molecule has 3 N–H and O–H groups in total. The zero-order valence-corrected chi connectivity index (χ0v) is 10.2. The number of aryl methyl sites for hydroxylation is 1. The lowest BCUT2D eigenvalue weighted by atomic mass is 9.95. The van der Waals surface area contributed by atoms with Crippen LogP contribution in [0.3, 0.4) is 0 Å². The predicted octanol–water partition coefficient (Wildman–Crippen LogP) is 0.411. The van der Waals surface area contributed by atoms with Crippen LogP contribution in [-0.2, 0) is 18.4 Å². The summed E-state index contributed by atoms with van der Waals surface area (Å²) in [6.45, 7) is 1.17. The Hall–Kier alpha value is -1.36. The molecule has 1 aromatic rings. The second-order valence-electron chi connectivity index (χ2n) is 4.77. The first-order chi connectivity index (χ1) is 8.20. The summed E-state index contributed by atoms with van der Waals surface area (Å²) in [6.07, 6.45) is 6.86. The summed E-state index contributed by atoms with van der Waals surface area (Å²) < 4.78 is 1.74. The van der Waals surface area contributed by atoms with E-state index in [1.807, 2.05) is 13.2 Å². The lowest BCUT2D eigenvalue weighted by Crippen LogP contribution is -2.34. The Kier molecular flexibility index (Phi) is 3.78. The third-order valence-corrected chi connectivity index (χ3v) is 3.52. The van der Waals surface area contributed by atoms with Crippen LogP contribution in [0.25, 0.3) is 0 Å². The van der Waals surface area contributed by atoms with Gasteiger partial charge < -0.3 is 11.1 Å². The van der Waals surface area contributed by atoms with Crippen molar-refractivity contribution < 1.29 is 4.79 Å². The first-order valence-electron chi connectivity index (χ1n) is 6.16. The van der Waals surface area contributed by atoms with Gasteiger partial charge in [0.25, 0.3) is 0 Å². The van der Waals surface area contributed by atoms with Crippen molar-refractivity contribution in [2.75, 3.05) is 6.54 Å². The molecule has 0 unspecified atom stereocenters. The van der Waals surface area contributed by atoms with Crippen LogP contribution in [0.5, 0.6) is 0 Å². The van der Waals surface area contributed by atoms with E-state index in [9.17, 15) is 4.79 Å². The van der Waals surface area contributed by atoms with Crippen molar-refractivity contribution >= 4 is 5.91 Å². The van der Waals surface area contributed by atoms with Gasteiger partial charge in [-0.2, -0.15) is 5.10 Å². The summed E-state index contributed by atoms with van der Waals surface area (Å²) in [7, 11) is 1.87. The first-order valence-corrected chi connectivity index (χ1v) is 6.16. The van der Waals surface area contributed by atoms with Gasteiger partial charge in [0.15, 0.2) is 0 Å². The van der Waals surface area contributed by atoms with Crippen LogP contribution in [0.4, 0.5) is 0 Å². The minimum absolute atomic E-state index is 0.108. The van der Waals surface area contributed by atoms with Crippen molar-refractivity contribution in [3.63, 3.8) is 0 Å². The van der Waals surface area contributed by atoms with Crippen LogP contribution >= 0.6 is 0 Å². The number of aromatic nitrogens is 2. The summed E-state index contributed by atoms with van der Waals surface area (Å²) in [5.41, 5.74) is 6.71. The third-order valence-electron chi connectivity index (χ3n) is 3.52. The molecule has 17 heavy (non-hydrogen) atoms. The van der Waals surface area contributed by atoms with Crippen molar-refractivity contribution in [2.24, 2.45) is 24.6 Å². The first kappa shape index (κ1) is 12.1. The highest BCUT2D eigenvalue weighted by Gasteiger charge is 2.31. The molecule has 1 aromatic heterocycles. The highest BCUT2D eigenvalue weighted by atomic mass is 16.1. The smallest absolute Gasteiger partial charge is 0.223 e. The molecule has 0 radical (unpaired) electrons. The Balaban J connectivity index is 1.84. The molecule has 5 heteroatoms. The second-order valence-corrected chi connectivity index (χ2v) is 4.77. The number of hydrogen-bond acceptors (Lipinski definition) is 3. The number of nitrogens with zero attached hydrogens (tertiary/aromatic N) is 2. The quantitative estimate of drug-likeness (QED) is 0.795. The van der Waals surface area contributed by atoms with Crippen LogP contribution in [0.1, 0.15) is 24.8 Å². The number of hydrogen-bond donors (Lipinski definition) is 2. The minimum atomic E-state index is 0.108. The molecule has 0 spiro atoms. The van der Waals surface area contributed by atoms with E-state index < -0.39 is 0 Å². The Bertz CT molecular complexity index is 388. The van der Waals surface area contributed by atoms with E-state index in [0.717, 1.165) is 24.8 Å². The molecule has 1 fully saturated rings. The van der Waals surface area contributed by atoms with Crippen LogP contribution in [-0.4, -0.2) is 22.2 Å². The van der Waals surface area contributed by atoms with Gasteiger partial charge in [-0.05, 0) is 25.3 Å². The highest BCUT2D eigenvalue weighted by Crippen LogP contribution is 2.30. The van der Waals surface area contributed by atoms with Crippen molar-refractivity contribution in [1.29, 1.82) is 0 Å². The molecule has 1 amide bonds. The highest BCUT2D eigenvalue weighted by molar-refractivity contribution is 5.79. The number of amides is 1. The molecular formula is C12H20N4O. The fraction of sp³-hybridized carbons (Fsp3) is 0.667. The van der Waals surface area contributed by atoms with Gasteiger partial charge in [0.05, 0.1) is 6.20 Å². The lowest BCUT2D eigenvalue weighted by Gasteiger charge is -2.16. The summed E-state index contributed by atoms with van der Waals surface area (Å²) in [5, 5.41) is 7.04. The molecule has 1 heterocycles. The second kappa shape index (κ2) is 5.31. The summed E-state index contributed by atoms with van der Waals surface area (Å²) in [5.74, 6) is 0.613. The monoisotopic (exact) mass is 236 g/mol. The average molecular weight is 236 g/mol. The number of carbonyl (C=O) groups excluding carboxylic acids is 1. The van der Waals surface area contributed by atoms with E-state index in [1.54, 1.807) is 10.9 Å². The number of nitrogens with two attached hydrogens (primary N) is 1. The van der Waals surface area contributed by atoms with E-state index in [-0.39, 0.29) is 11.8 Å². The van der Waals surface area contributed by atoms with Crippen LogP contribution in [0.2, 0.25) is 0 Å². The molecule has 94 valence electrons. The summed E-state index contributed by atoms with van der Waals surface area (Å²) in [6, 6.07) is 0. The van der Waals surface area contributed by atoms with Crippen molar-refractivity contribution in [2.45, 2.75) is 25.8 Å². The molecule has 2 atom stereocenters. The minimum Gasteiger partial charge on any atom is -0.352 e. The van der Waals surface area contributed by atoms with Gasteiger partial charge in [0.1, 0.15) is 0 Å². The van der Waals surface area contributed by atoms with Gasteiger partial charge in [-0.1, -0.05) is 6.42 Å². The maximum Gasteiger partial charge on any atom is 0.223 e. The standard InChI is InChI=1S/C12H20N4O/c1-16-8-9(7-15-16)6-14-12(17)11-4-2-3-10(11)5-13/h7-8,10-11H,2-6,13H2,1H3,(H,14,17)/t10-,11-/m1/s1. The van der Waals surface area contributed by atoms with Crippen molar-refractivity contribution in [3.8, 4) is 0 Å². The molecule has 0 aliphatic heterocycles. The van der Waals surface area contributed by atoms with Gasteiger partial charge >= 0.3 is 0 Å². The largest absolute Gasteiger partial charge is 0.352 e. The molecule has 5 nitrogen and oxygen atoms in total. The molecular weight excluding hydrogens is 216 g/mol. The lowest BCUT2D eigenvalue weighted by molar-refractivity contribution is -0.126. The molecule has 2 rings (SSSR count). The Morgan fingerprint density at radius 1 is 1.65 bits per heavy atom. The third kappa shape index (κ3) is 2.85. The molecule has 0 saturated heterocycles. The normalized spacial score (nSPS) is 23.9. The topological polar surface area (TPSA) is 72.9 Å². The Labute approximate surface area is 101 Å². The molecule has 1 saturated carbocycles. The van der Waals surface area contributed by atoms with Gasteiger partial charge in [0.2, 0.25) is 5.91 Å². The van der Waals surface area contributed by atoms with Gasteiger partial charge in [0, 0.05) is 31.3 Å². The zero-order valence-electron chi connectivity index (χ0n) is 10.2. The van der Waals surface area contributed by atoms with Crippen molar-refractivity contribution in [1.82, 2.24) is 15.1 Å². The molecule has 0 aromatic carbocycles. The van der Waals surface area contributed by atoms with Crippen molar-refractivity contribution in [3.05, 3.63) is 18.0 Å². The molecule has 1 aliphatic rings. The van der Waals surface area contributed by atoms with E-state index in [0.29, 0.717) is 19.0 Å². The average Bonchev–Trinajstić information content (AvgIpc) is 2.94. The van der Waals surface area contributed by atoms with Gasteiger partial charge in [-0.15, -0.1) is 0 Å². The van der Waals surface area contributed by atoms with Gasteiger partial charge in [-0.25, -0.2) is 0 Å². The molecule has 1 aliphatic carbocycles. The number of carbonyl (C=O) groups is 1. The summed E-state index contributed by atoms with van der Waals surface area (Å²) in [4.78, 5) is 12.0. The zero-order chi connectivity index (χ0) is 12.3. The van der Waals surface area contributed by atoms with E-state index in [2.05, 4.69) is 10.4 Å². The molecule has 0 bridgehead atoms. The Morgan fingerprint density at radius 3 is 3.12 bits per heavy atom. The maximum absolute atomic E-state index is 12.0. The predicted molar refractivity (Wildman–Crippen MR) is 64.9 cm³/mol. The van der Waals surface area contributed by atoms with Crippen LogP contribution in [0.15, 0.2) is 12.4 Å². The van der Waals surface area contributed by atoms with Crippen LogP contribution in [0, 0.1) is 11.8 Å². The van der Waals surface area contributed by atoms with E-state index >= 15 is 0 Å².